The highest BCUT2D eigenvalue weighted by Crippen LogP contribution is 2.18. The second kappa shape index (κ2) is 7.29. The van der Waals surface area contributed by atoms with Crippen molar-refractivity contribution in [1.82, 2.24) is 24.8 Å². The molecular formula is C18H23N5O. The maximum absolute atomic E-state index is 12.4. The SMILES string of the molecule is C=CC1CCN(C(=O)NCc2cccnc2-n2ccnc2C)CC1. The molecule has 0 radical (unpaired) electrons. The molecule has 3 heterocycles. The number of rotatable bonds is 4. The van der Waals surface area contributed by atoms with Crippen molar-refractivity contribution in [3.05, 3.63) is 54.8 Å². The van der Waals surface area contributed by atoms with Gasteiger partial charge in [0.25, 0.3) is 0 Å². The molecule has 2 amide bonds. The number of aryl methyl sites for hydroxylation is 1. The number of nitrogens with one attached hydrogen (secondary N) is 1. The van der Waals surface area contributed by atoms with E-state index in [2.05, 4.69) is 21.9 Å². The fraction of sp³-hybridized carbons (Fsp3) is 0.389. The van der Waals surface area contributed by atoms with Crippen LogP contribution in [0, 0.1) is 12.8 Å². The number of likely N-dealkylation sites (tertiary alicyclic amines) is 1. The first kappa shape index (κ1) is 16.2. The van der Waals surface area contributed by atoms with Gasteiger partial charge in [-0.2, -0.15) is 0 Å². The van der Waals surface area contributed by atoms with Crippen molar-refractivity contribution in [3.63, 3.8) is 0 Å². The van der Waals surface area contributed by atoms with Gasteiger partial charge in [0.15, 0.2) is 0 Å². The summed E-state index contributed by atoms with van der Waals surface area (Å²) in [4.78, 5) is 22.9. The molecule has 6 nitrogen and oxygen atoms in total. The Morgan fingerprint density at radius 2 is 2.17 bits per heavy atom. The summed E-state index contributed by atoms with van der Waals surface area (Å²) in [6, 6.07) is 3.84. The Bertz CT molecular complexity index is 716. The van der Waals surface area contributed by atoms with E-state index < -0.39 is 0 Å². The zero-order valence-electron chi connectivity index (χ0n) is 14.0. The second-order valence-corrected chi connectivity index (χ2v) is 6.05. The van der Waals surface area contributed by atoms with E-state index in [1.54, 1.807) is 12.4 Å². The van der Waals surface area contributed by atoms with E-state index in [0.29, 0.717) is 12.5 Å². The molecule has 3 rings (SSSR count). The predicted molar refractivity (Wildman–Crippen MR) is 92.8 cm³/mol. The van der Waals surface area contributed by atoms with Crippen LogP contribution in [0.2, 0.25) is 0 Å². The Labute approximate surface area is 142 Å². The highest BCUT2D eigenvalue weighted by Gasteiger charge is 2.21. The highest BCUT2D eigenvalue weighted by molar-refractivity contribution is 5.74. The van der Waals surface area contributed by atoms with Crippen molar-refractivity contribution in [2.45, 2.75) is 26.3 Å². The number of urea groups is 1. The number of imidazole rings is 1. The lowest BCUT2D eigenvalue weighted by atomic mass is 9.97. The molecule has 1 saturated heterocycles. The minimum Gasteiger partial charge on any atom is -0.334 e. The largest absolute Gasteiger partial charge is 0.334 e. The van der Waals surface area contributed by atoms with Crippen molar-refractivity contribution in [3.8, 4) is 5.82 Å². The first-order chi connectivity index (χ1) is 11.7. The standard InChI is InChI=1S/C18H23N5O/c1-3-15-6-10-22(11-7-15)18(24)21-13-16-5-4-8-20-17(16)23-12-9-19-14(23)2/h3-5,8-9,12,15H,1,6-7,10-11,13H2,2H3,(H,21,24). The van der Waals surface area contributed by atoms with Crippen molar-refractivity contribution < 1.29 is 4.79 Å². The predicted octanol–water partition coefficient (Wildman–Crippen LogP) is 2.68. The van der Waals surface area contributed by atoms with Crippen molar-refractivity contribution >= 4 is 6.03 Å². The van der Waals surface area contributed by atoms with E-state index in [9.17, 15) is 4.79 Å². The smallest absolute Gasteiger partial charge is 0.317 e. The van der Waals surface area contributed by atoms with Gasteiger partial charge < -0.3 is 10.2 Å². The van der Waals surface area contributed by atoms with Crippen LogP contribution >= 0.6 is 0 Å². The summed E-state index contributed by atoms with van der Waals surface area (Å²) in [5, 5.41) is 3.01. The molecule has 1 aliphatic rings. The van der Waals surface area contributed by atoms with E-state index in [-0.39, 0.29) is 6.03 Å². The lowest BCUT2D eigenvalue weighted by molar-refractivity contribution is 0.178. The number of piperidine rings is 1. The lowest BCUT2D eigenvalue weighted by Gasteiger charge is -2.30. The number of carbonyl (C=O) groups excluding carboxylic acids is 1. The zero-order valence-corrected chi connectivity index (χ0v) is 14.0. The van der Waals surface area contributed by atoms with Gasteiger partial charge in [-0.1, -0.05) is 12.1 Å². The first-order valence-electron chi connectivity index (χ1n) is 8.28. The van der Waals surface area contributed by atoms with Gasteiger partial charge in [0.05, 0.1) is 0 Å². The van der Waals surface area contributed by atoms with Crippen molar-refractivity contribution in [2.24, 2.45) is 5.92 Å². The van der Waals surface area contributed by atoms with Crippen LogP contribution in [0.25, 0.3) is 5.82 Å². The number of carbonyl (C=O) groups is 1. The molecule has 0 atom stereocenters. The minimum atomic E-state index is -0.0188. The molecule has 0 aromatic carbocycles. The topological polar surface area (TPSA) is 63.1 Å². The second-order valence-electron chi connectivity index (χ2n) is 6.05. The summed E-state index contributed by atoms with van der Waals surface area (Å²) in [5.74, 6) is 2.20. The molecule has 2 aromatic rings. The first-order valence-corrected chi connectivity index (χ1v) is 8.28. The van der Waals surface area contributed by atoms with E-state index in [0.717, 1.165) is 43.1 Å². The minimum absolute atomic E-state index is 0.0188. The molecule has 0 aliphatic carbocycles. The third-order valence-electron chi connectivity index (χ3n) is 4.51. The Morgan fingerprint density at radius 3 is 2.83 bits per heavy atom. The zero-order chi connectivity index (χ0) is 16.9. The number of pyridine rings is 1. The molecular weight excluding hydrogens is 302 g/mol. The third kappa shape index (κ3) is 3.48. The van der Waals surface area contributed by atoms with Crippen LogP contribution in [0.5, 0.6) is 0 Å². The monoisotopic (exact) mass is 325 g/mol. The van der Waals surface area contributed by atoms with Gasteiger partial charge in [0.2, 0.25) is 0 Å². The van der Waals surface area contributed by atoms with Crippen LogP contribution in [-0.2, 0) is 6.54 Å². The van der Waals surface area contributed by atoms with Crippen LogP contribution in [-0.4, -0.2) is 38.6 Å². The third-order valence-corrected chi connectivity index (χ3v) is 4.51. The summed E-state index contributed by atoms with van der Waals surface area (Å²) in [7, 11) is 0. The summed E-state index contributed by atoms with van der Waals surface area (Å²) >= 11 is 0. The fourth-order valence-corrected chi connectivity index (χ4v) is 3.01. The number of allylic oxidation sites excluding steroid dienone is 1. The summed E-state index contributed by atoms with van der Waals surface area (Å²) < 4.78 is 1.93. The molecule has 0 bridgehead atoms. The molecule has 1 fully saturated rings. The molecule has 126 valence electrons. The summed E-state index contributed by atoms with van der Waals surface area (Å²) in [6.45, 7) is 7.78. The van der Waals surface area contributed by atoms with Gasteiger partial charge in [-0.05, 0) is 31.7 Å². The molecule has 0 unspecified atom stereocenters. The van der Waals surface area contributed by atoms with Gasteiger partial charge in [0, 0.05) is 43.8 Å². The van der Waals surface area contributed by atoms with Crippen LogP contribution in [0.4, 0.5) is 4.79 Å². The number of nitrogens with zero attached hydrogens (tertiary/aromatic N) is 4. The maximum Gasteiger partial charge on any atom is 0.317 e. The number of hydrogen-bond donors (Lipinski definition) is 1. The van der Waals surface area contributed by atoms with Crippen LogP contribution in [0.3, 0.4) is 0 Å². The molecule has 2 aromatic heterocycles. The quantitative estimate of drug-likeness (QED) is 0.879. The molecule has 1 N–H and O–H groups in total. The fourth-order valence-electron chi connectivity index (χ4n) is 3.01. The molecule has 0 spiro atoms. The van der Waals surface area contributed by atoms with E-state index in [1.807, 2.05) is 40.8 Å². The number of amides is 2. The van der Waals surface area contributed by atoms with Crippen molar-refractivity contribution in [2.75, 3.05) is 13.1 Å². The Morgan fingerprint density at radius 1 is 1.38 bits per heavy atom. The van der Waals surface area contributed by atoms with Crippen LogP contribution < -0.4 is 5.32 Å². The lowest BCUT2D eigenvalue weighted by Crippen LogP contribution is -2.44. The average Bonchev–Trinajstić information content (AvgIpc) is 3.06. The van der Waals surface area contributed by atoms with Crippen molar-refractivity contribution in [1.29, 1.82) is 0 Å². The van der Waals surface area contributed by atoms with Gasteiger partial charge in [0.1, 0.15) is 11.6 Å². The number of aromatic nitrogens is 3. The van der Waals surface area contributed by atoms with E-state index in [4.69, 9.17) is 0 Å². The van der Waals surface area contributed by atoms with Crippen LogP contribution in [0.1, 0.15) is 24.2 Å². The Balaban J connectivity index is 1.64. The van der Waals surface area contributed by atoms with Gasteiger partial charge in [-0.3, -0.25) is 4.57 Å². The molecule has 24 heavy (non-hydrogen) atoms. The summed E-state index contributed by atoms with van der Waals surface area (Å²) in [6.07, 6.45) is 9.34. The Kier molecular flexibility index (Phi) is 4.93. The highest BCUT2D eigenvalue weighted by atomic mass is 16.2. The van der Waals surface area contributed by atoms with Crippen LogP contribution in [0.15, 0.2) is 43.4 Å². The van der Waals surface area contributed by atoms with Gasteiger partial charge in [-0.25, -0.2) is 14.8 Å². The van der Waals surface area contributed by atoms with E-state index >= 15 is 0 Å². The molecule has 0 saturated carbocycles. The average molecular weight is 325 g/mol. The molecule has 6 heteroatoms. The van der Waals surface area contributed by atoms with E-state index in [1.165, 1.54) is 0 Å². The Hall–Kier alpha value is -2.63. The van der Waals surface area contributed by atoms with Gasteiger partial charge in [-0.15, -0.1) is 6.58 Å². The van der Waals surface area contributed by atoms with Gasteiger partial charge >= 0.3 is 6.03 Å². The molecule has 1 aliphatic heterocycles. The summed E-state index contributed by atoms with van der Waals surface area (Å²) in [5.41, 5.74) is 0.966. The maximum atomic E-state index is 12.4. The number of hydrogen-bond acceptors (Lipinski definition) is 3. The normalized spacial score (nSPS) is 15.3.